The normalized spacial score (nSPS) is 14.1. The van der Waals surface area contributed by atoms with Crippen LogP contribution in [0.5, 0.6) is 0 Å². The molecule has 8 heteroatoms. The van der Waals surface area contributed by atoms with Crippen molar-refractivity contribution in [2.45, 2.75) is 38.6 Å². The number of nitrogens with zero attached hydrogens (tertiary/aromatic N) is 3. The number of amides is 1. The van der Waals surface area contributed by atoms with Gasteiger partial charge in [-0.05, 0) is 20.8 Å². The summed E-state index contributed by atoms with van der Waals surface area (Å²) in [7, 11) is 3.59. The molecule has 124 valence electrons. The summed E-state index contributed by atoms with van der Waals surface area (Å²) in [4.78, 5) is 21.3. The van der Waals surface area contributed by atoms with Crippen molar-refractivity contribution in [3.63, 3.8) is 0 Å². The minimum atomic E-state index is -1.20. The number of carbonyl (C=O) groups excluding carboxylic acids is 1. The first kappa shape index (κ1) is 18.1. The van der Waals surface area contributed by atoms with E-state index in [4.69, 9.17) is 4.74 Å². The van der Waals surface area contributed by atoms with E-state index in [1.807, 2.05) is 0 Å². The molecule has 1 rings (SSSR count). The van der Waals surface area contributed by atoms with Gasteiger partial charge >= 0.3 is 6.09 Å². The van der Waals surface area contributed by atoms with E-state index in [0.29, 0.717) is 11.5 Å². The molecule has 0 aromatic carbocycles. The van der Waals surface area contributed by atoms with Crippen molar-refractivity contribution in [3.8, 4) is 0 Å². The first-order valence-electron chi connectivity index (χ1n) is 6.92. The van der Waals surface area contributed by atoms with E-state index in [1.165, 1.54) is 12.4 Å². The van der Waals surface area contributed by atoms with Gasteiger partial charge in [0.15, 0.2) is 0 Å². The van der Waals surface area contributed by atoms with Crippen LogP contribution in [0.1, 0.15) is 32.4 Å². The fraction of sp³-hybridized carbons (Fsp3) is 0.643. The summed E-state index contributed by atoms with van der Waals surface area (Å²) in [6.45, 7) is 5.07. The van der Waals surface area contributed by atoms with Gasteiger partial charge in [0.05, 0.1) is 0 Å². The first-order chi connectivity index (χ1) is 10.1. The molecule has 0 saturated carbocycles. The van der Waals surface area contributed by atoms with Crippen LogP contribution in [0.25, 0.3) is 0 Å². The van der Waals surface area contributed by atoms with Crippen LogP contribution in [0.4, 0.5) is 10.7 Å². The zero-order valence-electron chi connectivity index (χ0n) is 13.6. The number of carbonyl (C=O) groups is 1. The highest BCUT2D eigenvalue weighted by Crippen LogP contribution is 2.16. The Kier molecular flexibility index (Phi) is 6.07. The van der Waals surface area contributed by atoms with Crippen molar-refractivity contribution in [1.29, 1.82) is 0 Å². The molecule has 3 N–H and O–H groups in total. The molecule has 1 aromatic rings. The number of alkyl carbamates (subject to hydrolysis) is 1. The van der Waals surface area contributed by atoms with E-state index in [-0.39, 0.29) is 6.54 Å². The summed E-state index contributed by atoms with van der Waals surface area (Å²) >= 11 is 0. The van der Waals surface area contributed by atoms with Gasteiger partial charge in [-0.15, -0.1) is 0 Å². The maximum Gasteiger partial charge on any atom is 0.407 e. The Balaban J connectivity index is 2.54. The van der Waals surface area contributed by atoms with Crippen molar-refractivity contribution < 1.29 is 19.7 Å². The Morgan fingerprint density at radius 2 is 1.86 bits per heavy atom. The molecule has 0 aliphatic carbocycles. The molecule has 0 bridgehead atoms. The number of anilines is 1. The Morgan fingerprint density at radius 3 is 2.32 bits per heavy atom. The van der Waals surface area contributed by atoms with Gasteiger partial charge in [0, 0.05) is 38.6 Å². The van der Waals surface area contributed by atoms with Crippen LogP contribution in [0.3, 0.4) is 0 Å². The van der Waals surface area contributed by atoms with Gasteiger partial charge in [0.2, 0.25) is 5.95 Å². The summed E-state index contributed by atoms with van der Waals surface area (Å²) in [6, 6.07) is 0. The third kappa shape index (κ3) is 5.82. The summed E-state index contributed by atoms with van der Waals surface area (Å²) in [5.74, 6) is 0.498. The highest BCUT2D eigenvalue weighted by atomic mass is 16.6. The Bertz CT molecular complexity index is 485. The number of nitrogens with one attached hydrogen (secondary N) is 1. The first-order valence-corrected chi connectivity index (χ1v) is 6.92. The zero-order chi connectivity index (χ0) is 16.9. The molecule has 1 amide bonds. The minimum Gasteiger partial charge on any atom is -0.444 e. The molecule has 0 radical (unpaired) electrons. The molecule has 8 nitrogen and oxygen atoms in total. The number of aromatic nitrogens is 2. The molecular formula is C14H24N4O4. The largest absolute Gasteiger partial charge is 0.444 e. The van der Waals surface area contributed by atoms with Gasteiger partial charge in [-0.25, -0.2) is 14.8 Å². The fourth-order valence-corrected chi connectivity index (χ4v) is 1.55. The van der Waals surface area contributed by atoms with E-state index in [9.17, 15) is 15.0 Å². The van der Waals surface area contributed by atoms with Gasteiger partial charge in [0.25, 0.3) is 0 Å². The summed E-state index contributed by atoms with van der Waals surface area (Å²) in [5.41, 5.74) is -0.257. The van der Waals surface area contributed by atoms with Crippen LogP contribution in [-0.4, -0.2) is 58.6 Å². The fourth-order valence-electron chi connectivity index (χ4n) is 1.55. The van der Waals surface area contributed by atoms with Gasteiger partial charge in [-0.3, -0.25) is 0 Å². The number of ether oxygens (including phenoxy) is 1. The highest BCUT2D eigenvalue weighted by Gasteiger charge is 2.22. The number of hydrogen-bond donors (Lipinski definition) is 3. The Labute approximate surface area is 130 Å². The predicted octanol–water partition coefficient (Wildman–Crippen LogP) is 0.462. The van der Waals surface area contributed by atoms with E-state index in [1.54, 1.807) is 39.8 Å². The molecule has 1 heterocycles. The standard InChI is InChI=1S/C14H24N4O4/c1-14(2,3)22-13(21)17-8-10(19)11(20)9-6-15-12(16-7-9)18(4)5/h6-7,10-11,19-20H,8H2,1-5H3,(H,17,21). The molecule has 0 saturated heterocycles. The molecule has 22 heavy (non-hydrogen) atoms. The molecule has 0 aliphatic rings. The van der Waals surface area contributed by atoms with Gasteiger partial charge < -0.3 is 25.2 Å². The number of hydrogen-bond acceptors (Lipinski definition) is 7. The van der Waals surface area contributed by atoms with Gasteiger partial charge in [-0.1, -0.05) is 0 Å². The van der Waals surface area contributed by atoms with Crippen LogP contribution >= 0.6 is 0 Å². The lowest BCUT2D eigenvalue weighted by atomic mass is 10.1. The summed E-state index contributed by atoms with van der Waals surface area (Å²) in [6.07, 6.45) is -0.182. The number of aliphatic hydroxyl groups is 2. The average Bonchev–Trinajstić information content (AvgIpc) is 2.42. The van der Waals surface area contributed by atoms with Crippen LogP contribution in [0.2, 0.25) is 0 Å². The molecule has 1 aromatic heterocycles. The van der Waals surface area contributed by atoms with Crippen molar-refractivity contribution in [1.82, 2.24) is 15.3 Å². The minimum absolute atomic E-state index is 0.147. The van der Waals surface area contributed by atoms with Crippen LogP contribution in [0, 0.1) is 0 Å². The van der Waals surface area contributed by atoms with Gasteiger partial charge in [0.1, 0.15) is 17.8 Å². The van der Waals surface area contributed by atoms with Crippen molar-refractivity contribution >= 4 is 12.0 Å². The van der Waals surface area contributed by atoms with E-state index < -0.39 is 23.9 Å². The summed E-state index contributed by atoms with van der Waals surface area (Å²) in [5, 5.41) is 22.3. The molecule has 0 aliphatic heterocycles. The van der Waals surface area contributed by atoms with Crippen molar-refractivity contribution in [2.24, 2.45) is 0 Å². The van der Waals surface area contributed by atoms with E-state index in [2.05, 4.69) is 15.3 Å². The third-order valence-electron chi connectivity index (χ3n) is 2.62. The second-order valence-electron chi connectivity index (χ2n) is 6.11. The van der Waals surface area contributed by atoms with Crippen LogP contribution in [0.15, 0.2) is 12.4 Å². The Hall–Kier alpha value is -1.93. The maximum atomic E-state index is 11.5. The van der Waals surface area contributed by atoms with Crippen LogP contribution < -0.4 is 10.2 Å². The lowest BCUT2D eigenvalue weighted by Gasteiger charge is -2.22. The highest BCUT2D eigenvalue weighted by molar-refractivity contribution is 5.67. The Morgan fingerprint density at radius 1 is 1.32 bits per heavy atom. The topological polar surface area (TPSA) is 108 Å². The van der Waals surface area contributed by atoms with Crippen molar-refractivity contribution in [3.05, 3.63) is 18.0 Å². The zero-order valence-corrected chi connectivity index (χ0v) is 13.6. The SMILES string of the molecule is CN(C)c1ncc(C(O)C(O)CNC(=O)OC(C)(C)C)cn1. The number of aliphatic hydroxyl groups excluding tert-OH is 2. The third-order valence-corrected chi connectivity index (χ3v) is 2.62. The predicted molar refractivity (Wildman–Crippen MR) is 81.6 cm³/mol. The van der Waals surface area contributed by atoms with Crippen molar-refractivity contribution in [2.75, 3.05) is 25.5 Å². The van der Waals surface area contributed by atoms with E-state index in [0.717, 1.165) is 0 Å². The molecule has 0 spiro atoms. The molecule has 0 fully saturated rings. The second kappa shape index (κ2) is 7.37. The number of rotatable bonds is 5. The maximum absolute atomic E-state index is 11.5. The molecular weight excluding hydrogens is 288 g/mol. The monoisotopic (exact) mass is 312 g/mol. The quantitative estimate of drug-likeness (QED) is 0.725. The van der Waals surface area contributed by atoms with Gasteiger partial charge in [-0.2, -0.15) is 0 Å². The van der Waals surface area contributed by atoms with Crippen LogP contribution in [-0.2, 0) is 4.74 Å². The average molecular weight is 312 g/mol. The lowest BCUT2D eigenvalue weighted by molar-refractivity contribution is 0.0126. The smallest absolute Gasteiger partial charge is 0.407 e. The van der Waals surface area contributed by atoms with E-state index >= 15 is 0 Å². The second-order valence-corrected chi connectivity index (χ2v) is 6.11. The molecule has 2 unspecified atom stereocenters. The summed E-state index contributed by atoms with van der Waals surface area (Å²) < 4.78 is 5.04. The lowest BCUT2D eigenvalue weighted by Crippen LogP contribution is -2.38. The molecule has 2 atom stereocenters.